The second-order valence-electron chi connectivity index (χ2n) is 9.28. The van der Waals surface area contributed by atoms with Crippen molar-refractivity contribution in [1.29, 1.82) is 0 Å². The van der Waals surface area contributed by atoms with E-state index in [9.17, 15) is 0 Å². The molecule has 152 valence electrons. The summed E-state index contributed by atoms with van der Waals surface area (Å²) in [6, 6.07) is 16.0. The summed E-state index contributed by atoms with van der Waals surface area (Å²) < 4.78 is 0. The molecule has 1 saturated carbocycles. The molecule has 2 unspecified atom stereocenters. The molecule has 2 fully saturated rings. The van der Waals surface area contributed by atoms with Gasteiger partial charge in [0, 0.05) is 19.6 Å². The topological polar surface area (TPSA) is 3.24 Å². The third-order valence-electron chi connectivity index (χ3n) is 6.75. The Bertz CT molecular complexity index is 856. The van der Waals surface area contributed by atoms with E-state index in [4.69, 9.17) is 0 Å². The number of rotatable bonds is 6. The minimum Gasteiger partial charge on any atom is -0.302 e. The molecule has 2 aromatic carbocycles. The molecule has 4 rings (SSSR count). The van der Waals surface area contributed by atoms with Crippen LogP contribution in [0, 0.1) is 18.8 Å². The molecule has 0 bridgehead atoms. The molecule has 0 aromatic heterocycles. The minimum absolute atomic E-state index is 0.677. The monoisotopic (exact) mass is 385 g/mol. The highest BCUT2D eigenvalue weighted by molar-refractivity contribution is 5.72. The predicted molar refractivity (Wildman–Crippen MR) is 126 cm³/mol. The van der Waals surface area contributed by atoms with E-state index in [2.05, 4.69) is 73.9 Å². The van der Waals surface area contributed by atoms with E-state index in [0.29, 0.717) is 5.92 Å². The van der Waals surface area contributed by atoms with Gasteiger partial charge in [0.1, 0.15) is 0 Å². The van der Waals surface area contributed by atoms with Crippen molar-refractivity contribution >= 4 is 6.08 Å². The van der Waals surface area contributed by atoms with Gasteiger partial charge in [-0.3, -0.25) is 0 Å². The Balaban J connectivity index is 1.53. The van der Waals surface area contributed by atoms with Crippen LogP contribution in [-0.4, -0.2) is 24.5 Å². The molecule has 2 atom stereocenters. The maximum Gasteiger partial charge on any atom is 0.00505 e. The second kappa shape index (κ2) is 9.13. The largest absolute Gasteiger partial charge is 0.302 e. The van der Waals surface area contributed by atoms with Crippen LogP contribution in [0.3, 0.4) is 0 Å². The average molecular weight is 386 g/mol. The first-order chi connectivity index (χ1) is 14.1. The Hall–Kier alpha value is -2.12. The summed E-state index contributed by atoms with van der Waals surface area (Å²) in [7, 11) is 0. The van der Waals surface area contributed by atoms with Gasteiger partial charge in [0.25, 0.3) is 0 Å². The SMILES string of the molecule is C=C/C=C\c1cccc(-c2ccc(C3CCC(C)CN(CC4CC4)C3)cc2)c1C. The van der Waals surface area contributed by atoms with Crippen molar-refractivity contribution in [2.45, 2.75) is 45.4 Å². The van der Waals surface area contributed by atoms with E-state index in [1.54, 1.807) is 0 Å². The van der Waals surface area contributed by atoms with Crippen molar-refractivity contribution in [3.8, 4) is 11.1 Å². The Morgan fingerprint density at radius 2 is 1.79 bits per heavy atom. The van der Waals surface area contributed by atoms with E-state index in [1.165, 1.54) is 73.1 Å². The predicted octanol–water partition coefficient (Wildman–Crippen LogP) is 7.09. The van der Waals surface area contributed by atoms with Crippen LogP contribution in [-0.2, 0) is 0 Å². The molecule has 0 spiro atoms. The summed E-state index contributed by atoms with van der Waals surface area (Å²) in [6.45, 7) is 12.3. The molecular formula is C28H35N. The summed E-state index contributed by atoms with van der Waals surface area (Å²) in [4.78, 5) is 2.76. The Labute approximate surface area is 177 Å². The molecule has 29 heavy (non-hydrogen) atoms. The summed E-state index contributed by atoms with van der Waals surface area (Å²) in [5.74, 6) is 2.48. The number of nitrogens with zero attached hydrogens (tertiary/aromatic N) is 1. The highest BCUT2D eigenvalue weighted by Gasteiger charge is 2.28. The first kappa shape index (κ1) is 20.2. The Morgan fingerprint density at radius 1 is 1.00 bits per heavy atom. The van der Waals surface area contributed by atoms with Crippen LogP contribution in [0.4, 0.5) is 0 Å². The maximum atomic E-state index is 3.79. The molecule has 2 aromatic rings. The van der Waals surface area contributed by atoms with Crippen LogP contribution >= 0.6 is 0 Å². The fraction of sp³-hybridized carbons (Fsp3) is 0.429. The third-order valence-corrected chi connectivity index (χ3v) is 6.75. The van der Waals surface area contributed by atoms with Crippen LogP contribution in [0.15, 0.2) is 61.2 Å². The fourth-order valence-corrected chi connectivity index (χ4v) is 4.84. The summed E-state index contributed by atoms with van der Waals surface area (Å²) in [5, 5.41) is 0. The Kier molecular flexibility index (Phi) is 6.35. The van der Waals surface area contributed by atoms with Gasteiger partial charge in [0.05, 0.1) is 0 Å². The minimum atomic E-state index is 0.677. The van der Waals surface area contributed by atoms with Gasteiger partial charge in [-0.15, -0.1) is 0 Å². The van der Waals surface area contributed by atoms with Crippen molar-refractivity contribution in [2.75, 3.05) is 19.6 Å². The number of hydrogen-bond acceptors (Lipinski definition) is 1. The van der Waals surface area contributed by atoms with Gasteiger partial charge in [0.2, 0.25) is 0 Å². The lowest BCUT2D eigenvalue weighted by Gasteiger charge is -2.25. The van der Waals surface area contributed by atoms with Crippen LogP contribution in [0.1, 0.15) is 55.2 Å². The van der Waals surface area contributed by atoms with Crippen LogP contribution < -0.4 is 0 Å². The smallest absolute Gasteiger partial charge is 0.00505 e. The molecule has 1 heterocycles. The van der Waals surface area contributed by atoms with Crippen LogP contribution in [0.25, 0.3) is 17.2 Å². The van der Waals surface area contributed by atoms with Gasteiger partial charge >= 0.3 is 0 Å². The highest BCUT2D eigenvalue weighted by Crippen LogP contribution is 2.35. The lowest BCUT2D eigenvalue weighted by molar-refractivity contribution is 0.239. The normalized spacial score (nSPS) is 23.2. The first-order valence-corrected chi connectivity index (χ1v) is 11.4. The highest BCUT2D eigenvalue weighted by atomic mass is 15.1. The molecule has 1 saturated heterocycles. The zero-order valence-electron chi connectivity index (χ0n) is 18.1. The quantitative estimate of drug-likeness (QED) is 0.480. The van der Waals surface area contributed by atoms with Gasteiger partial charge in [-0.1, -0.05) is 74.2 Å². The van der Waals surface area contributed by atoms with Crippen molar-refractivity contribution in [1.82, 2.24) is 4.90 Å². The molecule has 0 radical (unpaired) electrons. The van der Waals surface area contributed by atoms with Crippen molar-refractivity contribution in [3.63, 3.8) is 0 Å². The number of likely N-dealkylation sites (tertiary alicyclic amines) is 1. The zero-order chi connectivity index (χ0) is 20.2. The van der Waals surface area contributed by atoms with Crippen molar-refractivity contribution < 1.29 is 0 Å². The van der Waals surface area contributed by atoms with Crippen LogP contribution in [0.5, 0.6) is 0 Å². The van der Waals surface area contributed by atoms with Crippen molar-refractivity contribution in [2.24, 2.45) is 11.8 Å². The van der Waals surface area contributed by atoms with Gasteiger partial charge in [0.15, 0.2) is 0 Å². The van der Waals surface area contributed by atoms with Gasteiger partial charge in [-0.05, 0) is 78.2 Å². The molecule has 1 aliphatic heterocycles. The molecule has 1 heteroatoms. The average Bonchev–Trinajstić information content (AvgIpc) is 3.56. The second-order valence-corrected chi connectivity index (χ2v) is 9.28. The third kappa shape index (κ3) is 5.08. The lowest BCUT2D eigenvalue weighted by Crippen LogP contribution is -2.31. The maximum absolute atomic E-state index is 3.79. The van der Waals surface area contributed by atoms with E-state index >= 15 is 0 Å². The molecule has 1 nitrogen and oxygen atoms in total. The van der Waals surface area contributed by atoms with Gasteiger partial charge in [-0.2, -0.15) is 0 Å². The summed E-state index contributed by atoms with van der Waals surface area (Å²) in [6.07, 6.45) is 11.6. The first-order valence-electron chi connectivity index (χ1n) is 11.4. The van der Waals surface area contributed by atoms with Crippen molar-refractivity contribution in [3.05, 3.63) is 77.9 Å². The van der Waals surface area contributed by atoms with E-state index in [1.807, 2.05) is 12.2 Å². The Morgan fingerprint density at radius 3 is 2.52 bits per heavy atom. The number of allylic oxidation sites excluding steroid dienone is 2. The van der Waals surface area contributed by atoms with E-state index < -0.39 is 0 Å². The molecule has 0 amide bonds. The van der Waals surface area contributed by atoms with Gasteiger partial charge < -0.3 is 4.90 Å². The molecule has 1 aliphatic carbocycles. The summed E-state index contributed by atoms with van der Waals surface area (Å²) in [5.41, 5.74) is 6.76. The zero-order valence-corrected chi connectivity index (χ0v) is 18.1. The van der Waals surface area contributed by atoms with Gasteiger partial charge in [-0.25, -0.2) is 0 Å². The fourth-order valence-electron chi connectivity index (χ4n) is 4.84. The standard InChI is InChI=1S/C28H35N/c1-4-5-7-24-8-6-9-28(22(24)3)26-16-14-25(15-17-26)27-13-10-21(2)18-29(20-27)19-23-11-12-23/h4-9,14-17,21,23,27H,1,10-13,18-20H2,2-3H3/b7-5-. The van der Waals surface area contributed by atoms with E-state index in [0.717, 1.165) is 11.8 Å². The molecule has 2 aliphatic rings. The van der Waals surface area contributed by atoms with Crippen LogP contribution in [0.2, 0.25) is 0 Å². The lowest BCUT2D eigenvalue weighted by atomic mass is 9.90. The van der Waals surface area contributed by atoms with E-state index in [-0.39, 0.29) is 0 Å². The number of benzene rings is 2. The summed E-state index contributed by atoms with van der Waals surface area (Å²) >= 11 is 0. The molecular weight excluding hydrogens is 350 g/mol. The number of hydrogen-bond donors (Lipinski definition) is 0. The molecule has 0 N–H and O–H groups in total.